The zero-order valence-corrected chi connectivity index (χ0v) is 29.4. The average Bonchev–Trinajstić information content (AvgIpc) is 3.58. The minimum absolute atomic E-state index is 0.0176. The minimum Gasteiger partial charge on any atom is -0.485 e. The number of imidazole rings is 1. The van der Waals surface area contributed by atoms with Crippen LogP contribution in [0.3, 0.4) is 0 Å². The van der Waals surface area contributed by atoms with E-state index in [1.54, 1.807) is 37.5 Å². The van der Waals surface area contributed by atoms with Crippen LogP contribution in [-0.4, -0.2) is 45.7 Å². The number of nitrogens with zero attached hydrogens (tertiary/aromatic N) is 5. The third-order valence-electron chi connectivity index (χ3n) is 8.19. The highest BCUT2D eigenvalue weighted by Gasteiger charge is 2.41. The molecule has 0 atom stereocenters. The van der Waals surface area contributed by atoms with Crippen LogP contribution < -0.4 is 24.8 Å². The third kappa shape index (κ3) is 8.47. The van der Waals surface area contributed by atoms with Gasteiger partial charge in [-0.1, -0.05) is 42.5 Å². The SMILES string of the molecule is CCOC(=O)C(C)(C)N(CCCCN)c1c(F)c(Oc2cccc(-c3nccn3C)c2)nc(Oc2cc(C#N)ccc2OCc2ccccc2)c1F. The van der Waals surface area contributed by atoms with Crippen LogP contribution >= 0.6 is 0 Å². The van der Waals surface area contributed by atoms with Crippen LogP contribution in [0.15, 0.2) is 85.2 Å². The molecule has 13 heteroatoms. The highest BCUT2D eigenvalue weighted by Crippen LogP contribution is 2.42. The molecule has 0 unspecified atom stereocenters. The maximum Gasteiger partial charge on any atom is 0.331 e. The van der Waals surface area contributed by atoms with Gasteiger partial charge in [0.2, 0.25) is 11.6 Å². The van der Waals surface area contributed by atoms with E-state index < -0.39 is 40.6 Å². The van der Waals surface area contributed by atoms with E-state index in [2.05, 4.69) is 9.97 Å². The van der Waals surface area contributed by atoms with Crippen molar-refractivity contribution in [3.63, 3.8) is 0 Å². The van der Waals surface area contributed by atoms with Gasteiger partial charge in [-0.2, -0.15) is 19.0 Å². The number of nitrogens with two attached hydrogens (primary N) is 1. The van der Waals surface area contributed by atoms with Gasteiger partial charge in [0.05, 0.1) is 18.2 Å². The van der Waals surface area contributed by atoms with E-state index >= 15 is 8.78 Å². The van der Waals surface area contributed by atoms with Crippen molar-refractivity contribution >= 4 is 11.7 Å². The summed E-state index contributed by atoms with van der Waals surface area (Å²) in [7, 11) is 1.83. The summed E-state index contributed by atoms with van der Waals surface area (Å²) >= 11 is 0. The van der Waals surface area contributed by atoms with Gasteiger partial charge in [0.15, 0.2) is 11.5 Å². The molecule has 0 aliphatic carbocycles. The number of hydrogen-bond acceptors (Lipinski definition) is 10. The summed E-state index contributed by atoms with van der Waals surface area (Å²) in [6, 6.07) is 22.5. The molecule has 0 bridgehead atoms. The van der Waals surface area contributed by atoms with Crippen LogP contribution in [0.2, 0.25) is 0 Å². The van der Waals surface area contributed by atoms with Crippen LogP contribution in [0, 0.1) is 23.0 Å². The summed E-state index contributed by atoms with van der Waals surface area (Å²) in [5.74, 6) is -3.49. The van der Waals surface area contributed by atoms with Crippen LogP contribution in [0.25, 0.3) is 11.4 Å². The molecule has 2 N–H and O–H groups in total. The largest absolute Gasteiger partial charge is 0.485 e. The molecular formula is C39H40F2N6O5. The maximum atomic E-state index is 16.9. The molecular weight excluding hydrogens is 670 g/mol. The highest BCUT2D eigenvalue weighted by molar-refractivity contribution is 5.85. The molecule has 3 aromatic carbocycles. The molecule has 0 aliphatic rings. The summed E-state index contributed by atoms with van der Waals surface area (Å²) in [6.45, 7) is 5.19. The minimum atomic E-state index is -1.56. The van der Waals surface area contributed by atoms with Crippen LogP contribution in [0.5, 0.6) is 29.0 Å². The normalized spacial score (nSPS) is 11.1. The molecule has 0 amide bonds. The lowest BCUT2D eigenvalue weighted by Crippen LogP contribution is -2.52. The Morgan fingerprint density at radius 2 is 1.73 bits per heavy atom. The number of aryl methyl sites for hydroxylation is 1. The summed E-state index contributed by atoms with van der Waals surface area (Å²) < 4.78 is 59.0. The van der Waals surface area contributed by atoms with E-state index in [0.717, 1.165) is 5.56 Å². The Labute approximate surface area is 301 Å². The number of carbonyl (C=O) groups excluding carboxylic acids is 1. The van der Waals surface area contributed by atoms with Crippen molar-refractivity contribution in [3.05, 3.63) is 108 Å². The number of halogens is 2. The Bertz CT molecular complexity index is 2050. The predicted octanol–water partition coefficient (Wildman–Crippen LogP) is 7.68. The molecule has 0 aliphatic heterocycles. The molecule has 2 heterocycles. The Hall–Kier alpha value is -6.00. The summed E-state index contributed by atoms with van der Waals surface area (Å²) in [5.41, 5.74) is 5.28. The second-order valence-corrected chi connectivity index (χ2v) is 12.3. The van der Waals surface area contributed by atoms with Gasteiger partial charge >= 0.3 is 5.97 Å². The Balaban J connectivity index is 1.65. The molecule has 0 spiro atoms. The second kappa shape index (κ2) is 16.8. The molecule has 5 rings (SSSR count). The van der Waals surface area contributed by atoms with E-state index in [4.69, 9.17) is 24.7 Å². The fraction of sp³-hybridized carbons (Fsp3) is 0.282. The van der Waals surface area contributed by atoms with Gasteiger partial charge in [0, 0.05) is 37.6 Å². The van der Waals surface area contributed by atoms with Gasteiger partial charge in [-0.25, -0.2) is 9.78 Å². The lowest BCUT2D eigenvalue weighted by Gasteiger charge is -2.38. The van der Waals surface area contributed by atoms with Gasteiger partial charge < -0.3 is 34.1 Å². The lowest BCUT2D eigenvalue weighted by atomic mass is 10.0. The predicted molar refractivity (Wildman–Crippen MR) is 191 cm³/mol. The van der Waals surface area contributed by atoms with E-state index in [0.29, 0.717) is 30.8 Å². The zero-order valence-electron chi connectivity index (χ0n) is 29.4. The Kier molecular flexibility index (Phi) is 12.0. The molecule has 0 fully saturated rings. The first-order chi connectivity index (χ1) is 25.1. The first kappa shape index (κ1) is 37.3. The molecule has 5 aromatic rings. The van der Waals surface area contributed by atoms with Gasteiger partial charge in [0.25, 0.3) is 11.8 Å². The van der Waals surface area contributed by atoms with E-state index in [1.807, 2.05) is 54.1 Å². The van der Waals surface area contributed by atoms with E-state index in [9.17, 15) is 10.1 Å². The highest BCUT2D eigenvalue weighted by atomic mass is 19.1. The standard InChI is InChI=1S/C39H40F2N6O5/c1-5-49-38(48)39(2,3)47(20-10-9-18-42)34-32(40)36(51-29-15-11-14-28(23-29)35-44-19-21-46(35)4)45-37(33(34)41)52-31-22-27(24-43)16-17-30(31)50-25-26-12-7-6-8-13-26/h6-8,11-17,19,21-23H,5,9-10,18,20,25,42H2,1-4H3. The molecule has 11 nitrogen and oxygen atoms in total. The number of anilines is 1. The number of aromatic nitrogens is 3. The van der Waals surface area contributed by atoms with Crippen LogP contribution in [0.1, 0.15) is 44.7 Å². The molecule has 0 radical (unpaired) electrons. The van der Waals surface area contributed by atoms with Crippen molar-refractivity contribution in [1.29, 1.82) is 5.26 Å². The number of carbonyl (C=O) groups is 1. The number of pyridine rings is 1. The van der Waals surface area contributed by atoms with Crippen molar-refractivity contribution < 1.29 is 32.5 Å². The van der Waals surface area contributed by atoms with E-state index in [-0.39, 0.29) is 42.6 Å². The van der Waals surface area contributed by atoms with Crippen molar-refractivity contribution in [1.82, 2.24) is 14.5 Å². The lowest BCUT2D eigenvalue weighted by molar-refractivity contribution is -0.148. The molecule has 0 saturated carbocycles. The summed E-state index contributed by atoms with van der Waals surface area (Å²) in [5, 5.41) is 9.67. The Morgan fingerprint density at radius 1 is 0.981 bits per heavy atom. The average molecular weight is 711 g/mol. The number of ether oxygens (including phenoxy) is 4. The fourth-order valence-corrected chi connectivity index (χ4v) is 5.43. The third-order valence-corrected chi connectivity index (χ3v) is 8.19. The summed E-state index contributed by atoms with van der Waals surface area (Å²) in [6.07, 6.45) is 4.33. The number of benzene rings is 3. The first-order valence-corrected chi connectivity index (χ1v) is 16.8. The van der Waals surface area contributed by atoms with Crippen molar-refractivity contribution in [2.24, 2.45) is 12.8 Å². The van der Waals surface area contributed by atoms with Gasteiger partial charge in [-0.15, -0.1) is 0 Å². The first-order valence-electron chi connectivity index (χ1n) is 16.8. The van der Waals surface area contributed by atoms with Crippen molar-refractivity contribution in [2.45, 2.75) is 45.8 Å². The number of unbranched alkanes of at least 4 members (excludes halogenated alkanes) is 1. The fourth-order valence-electron chi connectivity index (χ4n) is 5.43. The smallest absolute Gasteiger partial charge is 0.331 e. The quantitative estimate of drug-likeness (QED) is 0.0802. The number of nitriles is 1. The Morgan fingerprint density at radius 3 is 2.40 bits per heavy atom. The monoisotopic (exact) mass is 710 g/mol. The maximum absolute atomic E-state index is 16.9. The van der Waals surface area contributed by atoms with Crippen molar-refractivity contribution in [2.75, 3.05) is 24.6 Å². The van der Waals surface area contributed by atoms with Crippen LogP contribution in [-0.2, 0) is 23.2 Å². The number of rotatable bonds is 16. The topological polar surface area (TPSA) is 138 Å². The van der Waals surface area contributed by atoms with Gasteiger partial charge in [-0.3, -0.25) is 0 Å². The molecule has 2 aromatic heterocycles. The van der Waals surface area contributed by atoms with Crippen LogP contribution in [0.4, 0.5) is 14.5 Å². The molecule has 0 saturated heterocycles. The molecule has 52 heavy (non-hydrogen) atoms. The van der Waals surface area contributed by atoms with E-state index in [1.165, 1.54) is 36.9 Å². The number of esters is 1. The zero-order chi connectivity index (χ0) is 37.3. The number of hydrogen-bond donors (Lipinski definition) is 1. The summed E-state index contributed by atoms with van der Waals surface area (Å²) in [4.78, 5) is 23.1. The second-order valence-electron chi connectivity index (χ2n) is 12.3. The van der Waals surface area contributed by atoms with Gasteiger partial charge in [0.1, 0.15) is 29.4 Å². The molecule has 270 valence electrons. The van der Waals surface area contributed by atoms with Crippen molar-refractivity contribution in [3.8, 4) is 46.5 Å². The van der Waals surface area contributed by atoms with Gasteiger partial charge in [-0.05, 0) is 70.0 Å².